The number of rotatable bonds is 35. The first-order valence-electron chi connectivity index (χ1n) is 19.6. The van der Waals surface area contributed by atoms with Crippen molar-refractivity contribution in [1.82, 2.24) is 0 Å². The van der Waals surface area contributed by atoms with E-state index in [2.05, 4.69) is 85.2 Å². The summed E-state index contributed by atoms with van der Waals surface area (Å²) in [6.07, 6.45) is 43.9. The molecule has 3 atom stereocenters. The first kappa shape index (κ1) is 50.7. The second-order valence-corrected chi connectivity index (χ2v) is 14.1. The van der Waals surface area contributed by atoms with Crippen molar-refractivity contribution < 1.29 is 47.5 Å². The maximum absolute atomic E-state index is 12.5. The van der Waals surface area contributed by atoms with E-state index in [1.54, 1.807) is 0 Å². The fourth-order valence-corrected chi connectivity index (χ4v) is 5.32. The van der Waals surface area contributed by atoms with Gasteiger partial charge in [0.25, 0.3) is 0 Å². The van der Waals surface area contributed by atoms with Gasteiger partial charge in [-0.15, -0.1) is 0 Å². The van der Waals surface area contributed by atoms with Crippen LogP contribution in [0.2, 0.25) is 0 Å². The molecule has 0 aromatic heterocycles. The molecule has 0 aromatic carbocycles. The average molecular weight is 778 g/mol. The van der Waals surface area contributed by atoms with E-state index in [-0.39, 0.29) is 19.4 Å². The Morgan fingerprint density at radius 1 is 0.593 bits per heavy atom. The van der Waals surface area contributed by atoms with Gasteiger partial charge in [-0.3, -0.25) is 23.4 Å². The third-order valence-electron chi connectivity index (χ3n) is 7.64. The number of unbranched alkanes of at least 4 members (excludes halogenated alkanes) is 7. The van der Waals surface area contributed by atoms with Crippen LogP contribution < -0.4 is 5.73 Å². The quantitative estimate of drug-likeness (QED) is 0.0242. The molecule has 0 amide bonds. The minimum atomic E-state index is -4.74. The molecule has 0 aliphatic carbocycles. The van der Waals surface area contributed by atoms with Crippen molar-refractivity contribution >= 4 is 25.7 Å². The zero-order valence-corrected chi connectivity index (χ0v) is 33.7. The van der Waals surface area contributed by atoms with Gasteiger partial charge in [0.2, 0.25) is 0 Å². The Bertz CT molecular complexity index is 1240. The molecule has 0 aliphatic rings. The van der Waals surface area contributed by atoms with Crippen LogP contribution in [0.4, 0.5) is 0 Å². The molecule has 11 nitrogen and oxygen atoms in total. The smallest absolute Gasteiger partial charge is 0.472 e. The third kappa shape index (κ3) is 35.7. The summed E-state index contributed by atoms with van der Waals surface area (Å²) in [5, 5.41) is 8.86. The Hall–Kier alpha value is -3.34. The summed E-state index contributed by atoms with van der Waals surface area (Å²) >= 11 is 0. The highest BCUT2D eigenvalue weighted by atomic mass is 31.2. The number of phosphoric acid groups is 1. The van der Waals surface area contributed by atoms with Gasteiger partial charge in [0.15, 0.2) is 6.10 Å². The minimum absolute atomic E-state index is 0.0297. The normalized spacial score (nSPS) is 14.7. The number of carbonyl (C=O) groups excluding carboxylic acids is 2. The van der Waals surface area contributed by atoms with Crippen LogP contribution in [0, 0.1) is 0 Å². The topological polar surface area (TPSA) is 172 Å². The molecule has 0 bridgehead atoms. The van der Waals surface area contributed by atoms with Crippen molar-refractivity contribution in [1.29, 1.82) is 0 Å². The molecule has 1 unspecified atom stereocenters. The molecule has 0 saturated heterocycles. The third-order valence-corrected chi connectivity index (χ3v) is 8.59. The molecular weight excluding hydrogens is 709 g/mol. The van der Waals surface area contributed by atoms with Crippen LogP contribution in [0.25, 0.3) is 0 Å². The Morgan fingerprint density at radius 2 is 1.07 bits per heavy atom. The van der Waals surface area contributed by atoms with Gasteiger partial charge < -0.3 is 25.2 Å². The van der Waals surface area contributed by atoms with E-state index in [4.69, 9.17) is 24.8 Å². The summed E-state index contributed by atoms with van der Waals surface area (Å²) in [5.74, 6) is -2.51. The number of nitrogens with two attached hydrogens (primary N) is 1. The molecule has 0 aliphatic heterocycles. The molecule has 0 rings (SSSR count). The van der Waals surface area contributed by atoms with Crippen LogP contribution in [0.15, 0.2) is 85.1 Å². The Morgan fingerprint density at radius 3 is 1.63 bits per heavy atom. The van der Waals surface area contributed by atoms with Gasteiger partial charge in [0, 0.05) is 12.8 Å². The van der Waals surface area contributed by atoms with E-state index >= 15 is 0 Å². The lowest BCUT2D eigenvalue weighted by Crippen LogP contribution is -2.34. The highest BCUT2D eigenvalue weighted by Crippen LogP contribution is 2.43. The molecular formula is C42H68NO10P. The minimum Gasteiger partial charge on any atom is -0.480 e. The molecule has 306 valence electrons. The standard InChI is InChI=1S/C42H68NO10P/c1-3-5-7-9-11-13-15-16-17-18-19-20-21-22-24-26-28-30-32-34-41(45)53-38(36-51-54(48,49)52-37-39(43)42(46)47)35-50-40(44)33-31-29-27-25-23-14-12-10-8-6-4-2/h5,7,10-13,16-17,19-20,22,24,28,30,38-39H,3-4,6,8-9,14-15,18,21,23,25-27,29,31-37,43H2,1-2H3,(H,46,47)(H,48,49)/b7-5-,12-10-,13-11-,17-16-,20-19-,24-22-,30-28-/t38-,39+/m1/s1. The number of carboxylic acids is 1. The molecule has 0 fully saturated rings. The SMILES string of the molecule is CC/C=C\C/C=C\C/C=C\C/C=C\C/C=C\C/C=C\CCC(=O)O[C@H](COC(=O)CCCCCCC/C=C\CCCC)COP(=O)(O)OC[C@H](N)C(=O)O. The first-order valence-corrected chi connectivity index (χ1v) is 21.1. The number of esters is 2. The van der Waals surface area contributed by atoms with Crippen molar-refractivity contribution in [3.05, 3.63) is 85.1 Å². The van der Waals surface area contributed by atoms with E-state index in [1.165, 1.54) is 12.8 Å². The summed E-state index contributed by atoms with van der Waals surface area (Å²) < 4.78 is 32.5. The second kappa shape index (κ2) is 36.6. The van der Waals surface area contributed by atoms with Gasteiger partial charge >= 0.3 is 25.7 Å². The van der Waals surface area contributed by atoms with Crippen LogP contribution >= 0.6 is 7.82 Å². The van der Waals surface area contributed by atoms with Crippen molar-refractivity contribution in [2.75, 3.05) is 19.8 Å². The maximum Gasteiger partial charge on any atom is 0.472 e. The number of carbonyl (C=O) groups is 3. The summed E-state index contributed by atoms with van der Waals surface area (Å²) in [7, 11) is -4.74. The first-order chi connectivity index (χ1) is 26.1. The summed E-state index contributed by atoms with van der Waals surface area (Å²) in [6.45, 7) is 2.53. The lowest BCUT2D eigenvalue weighted by molar-refractivity contribution is -0.161. The van der Waals surface area contributed by atoms with Gasteiger partial charge in [-0.2, -0.15) is 0 Å². The van der Waals surface area contributed by atoms with Gasteiger partial charge in [-0.1, -0.05) is 131 Å². The molecule has 4 N–H and O–H groups in total. The second-order valence-electron chi connectivity index (χ2n) is 12.7. The monoisotopic (exact) mass is 777 g/mol. The summed E-state index contributed by atoms with van der Waals surface area (Å²) in [5.41, 5.74) is 5.31. The highest BCUT2D eigenvalue weighted by molar-refractivity contribution is 7.47. The highest BCUT2D eigenvalue weighted by Gasteiger charge is 2.28. The molecule has 0 saturated carbocycles. The Balaban J connectivity index is 4.58. The number of hydrogen-bond acceptors (Lipinski definition) is 9. The van der Waals surface area contributed by atoms with Gasteiger partial charge in [0.05, 0.1) is 13.2 Å². The fraction of sp³-hybridized carbons (Fsp3) is 0.595. The van der Waals surface area contributed by atoms with Crippen molar-refractivity contribution in [2.45, 2.75) is 142 Å². The fourth-order valence-electron chi connectivity index (χ4n) is 4.54. The van der Waals surface area contributed by atoms with Crippen LogP contribution in [0.1, 0.15) is 129 Å². The Kier molecular flexibility index (Phi) is 34.4. The van der Waals surface area contributed by atoms with Gasteiger partial charge in [-0.25, -0.2) is 4.57 Å². The lowest BCUT2D eigenvalue weighted by Gasteiger charge is -2.20. The maximum atomic E-state index is 12.5. The largest absolute Gasteiger partial charge is 0.480 e. The molecule has 0 radical (unpaired) electrons. The van der Waals surface area contributed by atoms with Crippen LogP contribution in [-0.4, -0.2) is 59.9 Å². The van der Waals surface area contributed by atoms with Crippen LogP contribution in [0.5, 0.6) is 0 Å². The lowest BCUT2D eigenvalue weighted by atomic mass is 10.1. The molecule has 0 aromatic rings. The van der Waals surface area contributed by atoms with E-state index < -0.39 is 51.1 Å². The van der Waals surface area contributed by atoms with Crippen LogP contribution in [-0.2, 0) is 37.5 Å². The average Bonchev–Trinajstić information content (AvgIpc) is 3.14. The van der Waals surface area contributed by atoms with Crippen molar-refractivity contribution in [3.8, 4) is 0 Å². The van der Waals surface area contributed by atoms with Crippen molar-refractivity contribution in [2.24, 2.45) is 5.73 Å². The molecule has 0 spiro atoms. The van der Waals surface area contributed by atoms with Crippen LogP contribution in [0.3, 0.4) is 0 Å². The predicted octanol–water partition coefficient (Wildman–Crippen LogP) is 9.94. The summed E-state index contributed by atoms with van der Waals surface area (Å²) in [4.78, 5) is 45.7. The number of allylic oxidation sites excluding steroid dienone is 14. The number of carboxylic acid groups (broad SMARTS) is 1. The van der Waals surface area contributed by atoms with Gasteiger partial charge in [0.1, 0.15) is 12.6 Å². The molecule has 0 heterocycles. The zero-order valence-electron chi connectivity index (χ0n) is 32.8. The zero-order chi connectivity index (χ0) is 40.0. The Labute approximate surface area is 324 Å². The number of phosphoric ester groups is 1. The van der Waals surface area contributed by atoms with E-state index in [9.17, 15) is 23.8 Å². The molecule has 54 heavy (non-hydrogen) atoms. The number of ether oxygens (including phenoxy) is 2. The van der Waals surface area contributed by atoms with Gasteiger partial charge in [-0.05, 0) is 70.6 Å². The molecule has 12 heteroatoms. The van der Waals surface area contributed by atoms with E-state index in [1.807, 2.05) is 18.2 Å². The predicted molar refractivity (Wildman–Crippen MR) is 217 cm³/mol. The van der Waals surface area contributed by atoms with E-state index in [0.29, 0.717) is 19.3 Å². The number of hydrogen-bond donors (Lipinski definition) is 3. The summed E-state index contributed by atoms with van der Waals surface area (Å²) in [6, 6.07) is -1.54. The van der Waals surface area contributed by atoms with E-state index in [0.717, 1.165) is 70.6 Å². The number of aliphatic carboxylic acids is 1. The van der Waals surface area contributed by atoms with Crippen molar-refractivity contribution in [3.63, 3.8) is 0 Å².